The van der Waals surface area contributed by atoms with Crippen LogP contribution < -0.4 is 0 Å². The summed E-state index contributed by atoms with van der Waals surface area (Å²) in [5, 5.41) is 0. The minimum atomic E-state index is -3.58. The molecule has 1 rings (SSSR count). The van der Waals surface area contributed by atoms with Crippen molar-refractivity contribution in [1.82, 2.24) is 0 Å². The topological polar surface area (TPSA) is 43.4 Å². The number of ether oxygens (including phenoxy) is 1. The van der Waals surface area contributed by atoms with Crippen molar-refractivity contribution in [3.8, 4) is 0 Å². The summed E-state index contributed by atoms with van der Waals surface area (Å²) >= 11 is 0. The zero-order valence-corrected chi connectivity index (χ0v) is 14.7. The number of benzene rings is 1. The lowest BCUT2D eigenvalue weighted by Crippen LogP contribution is -2.14. The van der Waals surface area contributed by atoms with Gasteiger partial charge in [-0.1, -0.05) is 37.1 Å². The van der Waals surface area contributed by atoms with E-state index in [1.165, 1.54) is 6.26 Å². The van der Waals surface area contributed by atoms with Gasteiger partial charge in [-0.2, -0.15) is 0 Å². The third-order valence-electron chi connectivity index (χ3n) is 3.35. The standard InChI is InChI=1S/C18H26O3S/c1-6-8-16(7-2)18(13-21-14(3)4)22(19,20)17-11-9-15(5)10-12-17/h7,9-14,16H,2,6,8H2,1,3-5H3/b18-13-. The van der Waals surface area contributed by atoms with Crippen LogP contribution >= 0.6 is 0 Å². The van der Waals surface area contributed by atoms with Crippen LogP contribution in [0.5, 0.6) is 0 Å². The number of hydrogen-bond acceptors (Lipinski definition) is 3. The van der Waals surface area contributed by atoms with Gasteiger partial charge in [-0.05, 0) is 39.3 Å². The van der Waals surface area contributed by atoms with Gasteiger partial charge in [-0.3, -0.25) is 0 Å². The molecule has 1 atom stereocenters. The van der Waals surface area contributed by atoms with Crippen LogP contribution in [0.4, 0.5) is 0 Å². The maximum Gasteiger partial charge on any atom is 0.206 e. The second kappa shape index (κ2) is 8.18. The highest BCUT2D eigenvalue weighted by Gasteiger charge is 2.27. The van der Waals surface area contributed by atoms with Crippen LogP contribution in [-0.4, -0.2) is 14.5 Å². The first-order valence-corrected chi connectivity index (χ1v) is 9.11. The minimum absolute atomic E-state index is 0.0738. The van der Waals surface area contributed by atoms with E-state index < -0.39 is 9.84 Å². The number of allylic oxidation sites excluding steroid dienone is 2. The largest absolute Gasteiger partial charge is 0.498 e. The van der Waals surface area contributed by atoms with Crippen molar-refractivity contribution in [2.24, 2.45) is 5.92 Å². The molecule has 0 spiro atoms. The molecule has 0 aliphatic rings. The van der Waals surface area contributed by atoms with E-state index in [1.54, 1.807) is 30.3 Å². The van der Waals surface area contributed by atoms with Gasteiger partial charge in [0.15, 0.2) is 0 Å². The maximum absolute atomic E-state index is 12.9. The lowest BCUT2D eigenvalue weighted by atomic mass is 10.0. The van der Waals surface area contributed by atoms with Crippen LogP contribution in [-0.2, 0) is 14.6 Å². The normalized spacial score (nSPS) is 14.0. The van der Waals surface area contributed by atoms with Gasteiger partial charge in [0, 0.05) is 5.92 Å². The summed E-state index contributed by atoms with van der Waals surface area (Å²) in [6.07, 6.45) is 4.60. The second-order valence-electron chi connectivity index (χ2n) is 5.65. The fraction of sp³-hybridized carbons (Fsp3) is 0.444. The summed E-state index contributed by atoms with van der Waals surface area (Å²) in [4.78, 5) is 0.571. The van der Waals surface area contributed by atoms with Crippen molar-refractivity contribution in [2.75, 3.05) is 0 Å². The predicted molar refractivity (Wildman–Crippen MR) is 91.3 cm³/mol. The van der Waals surface area contributed by atoms with Gasteiger partial charge in [0.25, 0.3) is 0 Å². The highest BCUT2D eigenvalue weighted by atomic mass is 32.2. The van der Waals surface area contributed by atoms with Crippen LogP contribution in [0.3, 0.4) is 0 Å². The summed E-state index contributed by atoms with van der Waals surface area (Å²) in [7, 11) is -3.58. The van der Waals surface area contributed by atoms with E-state index in [4.69, 9.17) is 4.74 Å². The molecule has 0 aromatic heterocycles. The van der Waals surface area contributed by atoms with Crippen LogP contribution in [0.1, 0.15) is 39.2 Å². The summed E-state index contributed by atoms with van der Waals surface area (Å²) in [5.74, 6) is -0.241. The van der Waals surface area contributed by atoms with Crippen LogP contribution in [0, 0.1) is 12.8 Å². The Morgan fingerprint density at radius 1 is 1.27 bits per heavy atom. The zero-order chi connectivity index (χ0) is 16.8. The molecule has 0 radical (unpaired) electrons. The molecule has 0 saturated heterocycles. The van der Waals surface area contributed by atoms with Crippen LogP contribution in [0.2, 0.25) is 0 Å². The smallest absolute Gasteiger partial charge is 0.206 e. The molecule has 0 bridgehead atoms. The average molecular weight is 322 g/mol. The Morgan fingerprint density at radius 3 is 2.32 bits per heavy atom. The fourth-order valence-corrected chi connectivity index (χ4v) is 3.66. The molecule has 1 aromatic carbocycles. The van der Waals surface area contributed by atoms with Gasteiger partial charge in [0.05, 0.1) is 22.2 Å². The van der Waals surface area contributed by atoms with Crippen molar-refractivity contribution in [2.45, 2.75) is 51.5 Å². The molecule has 1 aromatic rings. The molecular formula is C18H26O3S. The molecule has 22 heavy (non-hydrogen) atoms. The summed E-state index contributed by atoms with van der Waals surface area (Å²) in [6.45, 7) is 11.5. The molecule has 0 heterocycles. The number of rotatable bonds is 8. The molecule has 0 saturated carbocycles. The molecule has 0 fully saturated rings. The van der Waals surface area contributed by atoms with Crippen molar-refractivity contribution < 1.29 is 13.2 Å². The van der Waals surface area contributed by atoms with Gasteiger partial charge in [0.1, 0.15) is 0 Å². The van der Waals surface area contributed by atoms with Crippen LogP contribution in [0.15, 0.2) is 53.0 Å². The number of hydrogen-bond donors (Lipinski definition) is 0. The fourth-order valence-electron chi connectivity index (χ4n) is 2.09. The highest BCUT2D eigenvalue weighted by molar-refractivity contribution is 7.95. The molecule has 1 unspecified atom stereocenters. The van der Waals surface area contributed by atoms with E-state index in [9.17, 15) is 8.42 Å². The molecule has 0 aliphatic heterocycles. The molecule has 3 nitrogen and oxygen atoms in total. The number of sulfone groups is 1. The average Bonchev–Trinajstić information content (AvgIpc) is 2.46. The molecule has 122 valence electrons. The lowest BCUT2D eigenvalue weighted by molar-refractivity contribution is 0.177. The Hall–Kier alpha value is -1.55. The first-order chi connectivity index (χ1) is 10.3. The molecule has 0 N–H and O–H groups in total. The van der Waals surface area contributed by atoms with Crippen molar-refractivity contribution in [3.63, 3.8) is 0 Å². The Bertz CT molecular complexity index is 610. The van der Waals surface area contributed by atoms with Gasteiger partial charge >= 0.3 is 0 Å². The van der Waals surface area contributed by atoms with Gasteiger partial charge in [-0.25, -0.2) is 8.42 Å². The van der Waals surface area contributed by atoms with Gasteiger partial charge < -0.3 is 4.74 Å². The molecule has 0 amide bonds. The van der Waals surface area contributed by atoms with Gasteiger partial charge in [-0.15, -0.1) is 6.58 Å². The lowest BCUT2D eigenvalue weighted by Gasteiger charge is -2.18. The third-order valence-corrected chi connectivity index (χ3v) is 5.26. The number of aryl methyl sites for hydroxylation is 1. The Kier molecular flexibility index (Phi) is 6.88. The van der Waals surface area contributed by atoms with E-state index in [0.29, 0.717) is 4.90 Å². The molecule has 0 aliphatic carbocycles. The van der Waals surface area contributed by atoms with E-state index >= 15 is 0 Å². The molecular weight excluding hydrogens is 296 g/mol. The van der Waals surface area contributed by atoms with Gasteiger partial charge in [0.2, 0.25) is 9.84 Å². The monoisotopic (exact) mass is 322 g/mol. The summed E-state index contributed by atoms with van der Waals surface area (Å²) in [5.41, 5.74) is 1.02. The highest BCUT2D eigenvalue weighted by Crippen LogP contribution is 2.29. The summed E-state index contributed by atoms with van der Waals surface area (Å²) < 4.78 is 31.3. The van der Waals surface area contributed by atoms with E-state index in [2.05, 4.69) is 6.58 Å². The first-order valence-electron chi connectivity index (χ1n) is 7.62. The van der Waals surface area contributed by atoms with Crippen LogP contribution in [0.25, 0.3) is 0 Å². The van der Waals surface area contributed by atoms with Crippen molar-refractivity contribution >= 4 is 9.84 Å². The quantitative estimate of drug-likeness (QED) is 0.517. The molecule has 4 heteroatoms. The summed E-state index contributed by atoms with van der Waals surface area (Å²) in [6, 6.07) is 6.88. The Morgan fingerprint density at radius 2 is 1.86 bits per heavy atom. The Labute approximate surface area is 134 Å². The SMILES string of the molecule is C=CC(CCC)/C(=C/OC(C)C)S(=O)(=O)c1ccc(C)cc1. The predicted octanol–water partition coefficient (Wildman–Crippen LogP) is 4.64. The van der Waals surface area contributed by atoms with Crippen molar-refractivity contribution in [3.05, 3.63) is 53.7 Å². The maximum atomic E-state index is 12.9. The van der Waals surface area contributed by atoms with E-state index in [1.807, 2.05) is 27.7 Å². The third kappa shape index (κ3) is 4.73. The Balaban J connectivity index is 3.32. The van der Waals surface area contributed by atoms with E-state index in [-0.39, 0.29) is 16.9 Å². The van der Waals surface area contributed by atoms with Crippen molar-refractivity contribution in [1.29, 1.82) is 0 Å². The minimum Gasteiger partial charge on any atom is -0.498 e. The zero-order valence-electron chi connectivity index (χ0n) is 13.9. The first kappa shape index (κ1) is 18.5. The second-order valence-corrected chi connectivity index (χ2v) is 7.60. The van der Waals surface area contributed by atoms with E-state index in [0.717, 1.165) is 18.4 Å².